The molecule has 0 atom stereocenters. The first-order chi connectivity index (χ1) is 13.8. The van der Waals surface area contributed by atoms with Crippen LogP contribution in [0, 0.1) is 5.92 Å². The highest BCUT2D eigenvalue weighted by atomic mass is 16.1. The highest BCUT2D eigenvalue weighted by Crippen LogP contribution is 2.26. The molecule has 2 aromatic rings. The van der Waals surface area contributed by atoms with Crippen LogP contribution >= 0.6 is 0 Å². The molecule has 1 saturated carbocycles. The summed E-state index contributed by atoms with van der Waals surface area (Å²) in [6.07, 6.45) is 4.46. The lowest BCUT2D eigenvalue weighted by Crippen LogP contribution is -2.45. The first kappa shape index (κ1) is 19.2. The number of carbonyl (C=O) groups is 1. The summed E-state index contributed by atoms with van der Waals surface area (Å²) in [4.78, 5) is 17.3. The molecule has 1 saturated heterocycles. The number of nitrogens with one attached hydrogen (secondary N) is 1. The summed E-state index contributed by atoms with van der Waals surface area (Å²) in [7, 11) is 0. The first-order valence-corrected chi connectivity index (χ1v) is 10.6. The van der Waals surface area contributed by atoms with E-state index in [0.717, 1.165) is 57.8 Å². The summed E-state index contributed by atoms with van der Waals surface area (Å²) in [5.41, 5.74) is 3.63. The van der Waals surface area contributed by atoms with E-state index >= 15 is 0 Å². The van der Waals surface area contributed by atoms with Crippen molar-refractivity contribution in [1.82, 2.24) is 9.80 Å². The number of piperazine rings is 1. The van der Waals surface area contributed by atoms with Crippen molar-refractivity contribution in [3.63, 3.8) is 0 Å². The van der Waals surface area contributed by atoms with E-state index < -0.39 is 0 Å². The van der Waals surface area contributed by atoms with E-state index in [1.165, 1.54) is 24.0 Å². The Balaban J connectivity index is 1.22. The predicted octanol–water partition coefficient (Wildman–Crippen LogP) is 4.13. The van der Waals surface area contributed by atoms with Crippen LogP contribution < -0.4 is 5.32 Å². The smallest absolute Gasteiger partial charge is 0.227 e. The van der Waals surface area contributed by atoms with Crippen molar-refractivity contribution >= 4 is 11.6 Å². The molecule has 2 fully saturated rings. The van der Waals surface area contributed by atoms with Crippen molar-refractivity contribution in [3.05, 3.63) is 65.7 Å². The summed E-state index contributed by atoms with van der Waals surface area (Å²) in [5.74, 6) is 0.409. The van der Waals surface area contributed by atoms with Crippen LogP contribution in [-0.2, 0) is 17.9 Å². The average Bonchev–Trinajstić information content (AvgIpc) is 3.27. The quantitative estimate of drug-likeness (QED) is 0.822. The van der Waals surface area contributed by atoms with E-state index in [1.807, 2.05) is 12.1 Å². The van der Waals surface area contributed by atoms with Gasteiger partial charge in [0.2, 0.25) is 5.91 Å². The van der Waals surface area contributed by atoms with Gasteiger partial charge in [-0.2, -0.15) is 0 Å². The highest BCUT2D eigenvalue weighted by molar-refractivity contribution is 5.92. The van der Waals surface area contributed by atoms with Gasteiger partial charge < -0.3 is 5.32 Å². The molecule has 28 heavy (non-hydrogen) atoms. The molecule has 4 rings (SSSR count). The zero-order valence-electron chi connectivity index (χ0n) is 16.6. The normalized spacial score (nSPS) is 19.0. The van der Waals surface area contributed by atoms with Gasteiger partial charge in [-0.15, -0.1) is 0 Å². The van der Waals surface area contributed by atoms with E-state index in [2.05, 4.69) is 57.6 Å². The van der Waals surface area contributed by atoms with Gasteiger partial charge in [0.15, 0.2) is 0 Å². The summed E-state index contributed by atoms with van der Waals surface area (Å²) in [6, 6.07) is 19.1. The molecular formula is C24H31N3O. The molecule has 4 nitrogen and oxygen atoms in total. The maximum absolute atomic E-state index is 12.3. The lowest BCUT2D eigenvalue weighted by Gasteiger charge is -2.34. The van der Waals surface area contributed by atoms with Crippen LogP contribution in [0.5, 0.6) is 0 Å². The van der Waals surface area contributed by atoms with Gasteiger partial charge in [0.25, 0.3) is 0 Å². The van der Waals surface area contributed by atoms with Crippen LogP contribution in [0.1, 0.15) is 36.8 Å². The van der Waals surface area contributed by atoms with Crippen molar-refractivity contribution < 1.29 is 4.79 Å². The number of amides is 1. The molecule has 0 spiro atoms. The van der Waals surface area contributed by atoms with Crippen LogP contribution in [0.2, 0.25) is 0 Å². The molecule has 148 valence electrons. The third kappa shape index (κ3) is 5.21. The van der Waals surface area contributed by atoms with Gasteiger partial charge in [0, 0.05) is 50.9 Å². The van der Waals surface area contributed by atoms with Crippen LogP contribution in [0.25, 0.3) is 0 Å². The summed E-state index contributed by atoms with van der Waals surface area (Å²) in [6.45, 7) is 6.47. The fourth-order valence-corrected chi connectivity index (χ4v) is 4.33. The van der Waals surface area contributed by atoms with Gasteiger partial charge in [0.05, 0.1) is 0 Å². The molecule has 0 bridgehead atoms. The van der Waals surface area contributed by atoms with Crippen LogP contribution in [0.3, 0.4) is 0 Å². The molecule has 0 aromatic heterocycles. The van der Waals surface area contributed by atoms with Crippen molar-refractivity contribution in [2.24, 2.45) is 5.92 Å². The Hall–Kier alpha value is -2.17. The average molecular weight is 378 g/mol. The monoisotopic (exact) mass is 377 g/mol. The first-order valence-electron chi connectivity index (χ1n) is 10.6. The Kier molecular flexibility index (Phi) is 6.40. The van der Waals surface area contributed by atoms with E-state index in [-0.39, 0.29) is 11.8 Å². The molecule has 1 aliphatic carbocycles. The second-order valence-electron chi connectivity index (χ2n) is 8.21. The third-order valence-corrected chi connectivity index (χ3v) is 6.07. The fourth-order valence-electron chi connectivity index (χ4n) is 4.33. The summed E-state index contributed by atoms with van der Waals surface area (Å²) >= 11 is 0. The molecular weight excluding hydrogens is 346 g/mol. The summed E-state index contributed by atoms with van der Waals surface area (Å²) in [5, 5.41) is 3.08. The lowest BCUT2D eigenvalue weighted by molar-refractivity contribution is -0.119. The zero-order chi connectivity index (χ0) is 19.2. The van der Waals surface area contributed by atoms with E-state index in [4.69, 9.17) is 0 Å². The van der Waals surface area contributed by atoms with Gasteiger partial charge in [-0.3, -0.25) is 14.6 Å². The second kappa shape index (κ2) is 9.35. The number of rotatable bonds is 6. The molecule has 0 unspecified atom stereocenters. The minimum Gasteiger partial charge on any atom is -0.326 e. The van der Waals surface area contributed by atoms with Gasteiger partial charge in [-0.25, -0.2) is 0 Å². The fraction of sp³-hybridized carbons (Fsp3) is 0.458. The number of anilines is 1. The lowest BCUT2D eigenvalue weighted by atomic mass is 10.1. The topological polar surface area (TPSA) is 35.6 Å². The van der Waals surface area contributed by atoms with Crippen LogP contribution in [-0.4, -0.2) is 41.9 Å². The van der Waals surface area contributed by atoms with Crippen molar-refractivity contribution in [3.8, 4) is 0 Å². The van der Waals surface area contributed by atoms with Gasteiger partial charge in [0.1, 0.15) is 0 Å². The SMILES string of the molecule is O=C(Nc1ccc(CN2CCN(Cc3ccccc3)CC2)cc1)C1CCCC1. The van der Waals surface area contributed by atoms with E-state index in [0.29, 0.717) is 0 Å². The number of nitrogens with zero attached hydrogens (tertiary/aromatic N) is 2. The van der Waals surface area contributed by atoms with Crippen molar-refractivity contribution in [2.45, 2.75) is 38.8 Å². The number of hydrogen-bond donors (Lipinski definition) is 1. The maximum atomic E-state index is 12.3. The van der Waals surface area contributed by atoms with Crippen molar-refractivity contribution in [2.75, 3.05) is 31.5 Å². The predicted molar refractivity (Wildman–Crippen MR) is 114 cm³/mol. The standard InChI is InChI=1S/C24H31N3O/c28-24(22-8-4-5-9-22)25-23-12-10-21(11-13-23)19-27-16-14-26(15-17-27)18-20-6-2-1-3-7-20/h1-3,6-7,10-13,22H,4-5,8-9,14-19H2,(H,25,28). The largest absolute Gasteiger partial charge is 0.326 e. The molecule has 4 heteroatoms. The Morgan fingerprint density at radius 1 is 0.786 bits per heavy atom. The minimum absolute atomic E-state index is 0.194. The maximum Gasteiger partial charge on any atom is 0.227 e. The minimum atomic E-state index is 0.194. The van der Waals surface area contributed by atoms with Gasteiger partial charge in [-0.05, 0) is 36.1 Å². The third-order valence-electron chi connectivity index (χ3n) is 6.07. The van der Waals surface area contributed by atoms with Gasteiger partial charge >= 0.3 is 0 Å². The highest BCUT2D eigenvalue weighted by Gasteiger charge is 2.22. The number of benzene rings is 2. The number of hydrogen-bond acceptors (Lipinski definition) is 3. The zero-order valence-corrected chi connectivity index (χ0v) is 16.6. The van der Waals surface area contributed by atoms with E-state index in [9.17, 15) is 4.79 Å². The molecule has 0 radical (unpaired) electrons. The van der Waals surface area contributed by atoms with E-state index in [1.54, 1.807) is 0 Å². The Labute approximate surface area is 168 Å². The number of carbonyl (C=O) groups excluding carboxylic acids is 1. The van der Waals surface area contributed by atoms with Crippen LogP contribution in [0.4, 0.5) is 5.69 Å². The van der Waals surface area contributed by atoms with Crippen LogP contribution in [0.15, 0.2) is 54.6 Å². The Bertz CT molecular complexity index is 745. The van der Waals surface area contributed by atoms with Crippen molar-refractivity contribution in [1.29, 1.82) is 0 Å². The summed E-state index contributed by atoms with van der Waals surface area (Å²) < 4.78 is 0. The van der Waals surface area contributed by atoms with Gasteiger partial charge in [-0.1, -0.05) is 55.3 Å². The molecule has 2 aromatic carbocycles. The molecule has 1 N–H and O–H groups in total. The molecule has 2 aliphatic rings. The molecule has 1 heterocycles. The molecule has 1 aliphatic heterocycles. The second-order valence-corrected chi connectivity index (χ2v) is 8.21. The molecule has 1 amide bonds. The Morgan fingerprint density at radius 3 is 1.89 bits per heavy atom. The Morgan fingerprint density at radius 2 is 1.32 bits per heavy atom.